The van der Waals surface area contributed by atoms with Crippen molar-refractivity contribution in [1.82, 2.24) is 29.9 Å². The molecule has 0 bridgehead atoms. The standard InChI is InChI=1S/C25H33N7O4S2/c1-4-36-23-15-26-13-20(29-23)22-14-28-25(37-22)24(33)30-21(16-32-11-5-6-12-32)18(3)27-10-9-17(2)31-38(34,35)19-7-8-19/h9-10,13-15,19,21,31H,3-8,11-12,16H2,1-2H3,(H,30,33)/b17-9+,27-10-/t21-/m1/s1. The summed E-state index contributed by atoms with van der Waals surface area (Å²) < 4.78 is 32.2. The highest BCUT2D eigenvalue weighted by Crippen LogP contribution is 2.28. The second-order valence-electron chi connectivity index (χ2n) is 9.20. The maximum atomic E-state index is 13.1. The Morgan fingerprint density at radius 2 is 2.08 bits per heavy atom. The highest BCUT2D eigenvalue weighted by molar-refractivity contribution is 7.90. The number of rotatable bonds is 13. The molecule has 0 unspecified atom stereocenters. The van der Waals surface area contributed by atoms with Gasteiger partial charge in [0.25, 0.3) is 5.91 Å². The van der Waals surface area contributed by atoms with E-state index in [-0.39, 0.29) is 16.2 Å². The number of amides is 1. The largest absolute Gasteiger partial charge is 0.477 e. The first kappa shape index (κ1) is 27.9. The van der Waals surface area contributed by atoms with Crippen molar-refractivity contribution >= 4 is 33.5 Å². The Morgan fingerprint density at radius 1 is 1.32 bits per heavy atom. The first-order valence-corrected chi connectivity index (χ1v) is 15.0. The summed E-state index contributed by atoms with van der Waals surface area (Å²) in [5.41, 5.74) is 1.52. The summed E-state index contributed by atoms with van der Waals surface area (Å²) in [5, 5.41) is 3.00. The molecule has 2 N–H and O–H groups in total. The minimum absolute atomic E-state index is 0.289. The number of aliphatic imine (C=N–C) groups is 1. The first-order valence-electron chi connectivity index (χ1n) is 12.6. The molecule has 3 heterocycles. The summed E-state index contributed by atoms with van der Waals surface area (Å²) in [6, 6.07) is -0.442. The average Bonchev–Trinajstić information content (AvgIpc) is 3.42. The van der Waals surface area contributed by atoms with E-state index in [1.165, 1.54) is 23.7 Å². The van der Waals surface area contributed by atoms with Crippen LogP contribution in [-0.4, -0.2) is 77.9 Å². The molecule has 0 radical (unpaired) electrons. The second kappa shape index (κ2) is 12.6. The monoisotopic (exact) mass is 559 g/mol. The summed E-state index contributed by atoms with van der Waals surface area (Å²) in [6.07, 6.45) is 11.4. The fourth-order valence-corrected chi connectivity index (χ4v) is 6.13. The van der Waals surface area contributed by atoms with Crippen molar-refractivity contribution in [3.63, 3.8) is 0 Å². The molecule has 204 valence electrons. The molecule has 1 aliphatic heterocycles. The Bertz CT molecular complexity index is 1310. The maximum absolute atomic E-state index is 13.1. The smallest absolute Gasteiger partial charge is 0.280 e. The molecule has 2 aromatic rings. The molecule has 1 aliphatic carbocycles. The highest BCUT2D eigenvalue weighted by atomic mass is 32.2. The minimum atomic E-state index is -3.33. The number of nitrogens with one attached hydrogen (secondary N) is 2. The van der Waals surface area contributed by atoms with Gasteiger partial charge in [0.15, 0.2) is 5.01 Å². The van der Waals surface area contributed by atoms with Crippen LogP contribution in [0.1, 0.15) is 49.3 Å². The van der Waals surface area contributed by atoms with Gasteiger partial charge in [-0.1, -0.05) is 6.58 Å². The number of allylic oxidation sites excluding steroid dienone is 2. The van der Waals surface area contributed by atoms with Gasteiger partial charge in [0.05, 0.1) is 40.9 Å². The zero-order valence-electron chi connectivity index (χ0n) is 21.6. The predicted molar refractivity (Wildman–Crippen MR) is 148 cm³/mol. The van der Waals surface area contributed by atoms with E-state index in [1.807, 2.05) is 6.92 Å². The van der Waals surface area contributed by atoms with Gasteiger partial charge < -0.3 is 15.0 Å². The van der Waals surface area contributed by atoms with Crippen molar-refractivity contribution in [3.8, 4) is 16.5 Å². The third-order valence-electron chi connectivity index (χ3n) is 6.04. The molecule has 1 saturated carbocycles. The van der Waals surface area contributed by atoms with E-state index in [4.69, 9.17) is 4.74 Å². The van der Waals surface area contributed by atoms with Crippen LogP contribution in [0.15, 0.2) is 47.6 Å². The van der Waals surface area contributed by atoms with Gasteiger partial charge in [0.1, 0.15) is 5.69 Å². The molecule has 38 heavy (non-hydrogen) atoms. The van der Waals surface area contributed by atoms with Crippen LogP contribution >= 0.6 is 11.3 Å². The molecule has 13 heteroatoms. The second-order valence-corrected chi connectivity index (χ2v) is 12.2. The Kier molecular flexibility index (Phi) is 9.23. The third-order valence-corrected chi connectivity index (χ3v) is 9.01. The number of hydrogen-bond acceptors (Lipinski definition) is 10. The van der Waals surface area contributed by atoms with Gasteiger partial charge in [-0.05, 0) is 58.7 Å². The Balaban J connectivity index is 1.43. The van der Waals surface area contributed by atoms with Gasteiger partial charge in [0.2, 0.25) is 15.9 Å². The summed E-state index contributed by atoms with van der Waals surface area (Å²) in [6.45, 7) is 10.6. The number of hydrogen-bond donors (Lipinski definition) is 2. The van der Waals surface area contributed by atoms with E-state index in [9.17, 15) is 13.2 Å². The molecular weight excluding hydrogens is 526 g/mol. The van der Waals surface area contributed by atoms with Crippen LogP contribution in [-0.2, 0) is 10.0 Å². The number of aromatic nitrogens is 3. The average molecular weight is 560 g/mol. The van der Waals surface area contributed by atoms with Crippen LogP contribution in [0.25, 0.3) is 10.6 Å². The van der Waals surface area contributed by atoms with Crippen molar-refractivity contribution in [2.45, 2.75) is 50.8 Å². The van der Waals surface area contributed by atoms with Crippen LogP contribution in [0.2, 0.25) is 0 Å². The fourth-order valence-electron chi connectivity index (χ4n) is 3.91. The first-order chi connectivity index (χ1) is 18.2. The lowest BCUT2D eigenvalue weighted by atomic mass is 10.2. The summed E-state index contributed by atoms with van der Waals surface area (Å²) in [5.74, 6) is 0.0773. The molecule has 1 atom stereocenters. The van der Waals surface area contributed by atoms with Crippen LogP contribution in [0.4, 0.5) is 0 Å². The molecule has 0 spiro atoms. The third kappa shape index (κ3) is 7.68. The molecule has 2 aromatic heterocycles. The fraction of sp³-hybridized carbons (Fsp3) is 0.480. The van der Waals surface area contributed by atoms with Gasteiger partial charge in [-0.3, -0.25) is 19.5 Å². The Morgan fingerprint density at radius 3 is 2.79 bits per heavy atom. The Hall–Kier alpha value is -3.16. The molecule has 1 amide bonds. The van der Waals surface area contributed by atoms with E-state index in [0.29, 0.717) is 53.8 Å². The number of likely N-dealkylation sites (tertiary alicyclic amines) is 1. The van der Waals surface area contributed by atoms with Crippen molar-refractivity contribution in [2.24, 2.45) is 4.99 Å². The molecule has 1 saturated heterocycles. The molecule has 4 rings (SSSR count). The van der Waals surface area contributed by atoms with Crippen molar-refractivity contribution in [2.75, 3.05) is 26.2 Å². The quantitative estimate of drug-likeness (QED) is 0.357. The van der Waals surface area contributed by atoms with E-state index >= 15 is 0 Å². The highest BCUT2D eigenvalue weighted by Gasteiger charge is 2.35. The number of thiazole rings is 1. The number of sulfonamides is 1. The van der Waals surface area contributed by atoms with Crippen LogP contribution in [0, 0.1) is 0 Å². The van der Waals surface area contributed by atoms with Gasteiger partial charge in [0, 0.05) is 24.7 Å². The zero-order chi connectivity index (χ0) is 27.1. The van der Waals surface area contributed by atoms with Gasteiger partial charge in [-0.2, -0.15) is 0 Å². The lowest BCUT2D eigenvalue weighted by molar-refractivity contribution is 0.0934. The molecule has 11 nitrogen and oxygen atoms in total. The van der Waals surface area contributed by atoms with Crippen molar-refractivity contribution in [1.29, 1.82) is 0 Å². The lowest BCUT2D eigenvalue weighted by Gasteiger charge is -2.24. The zero-order valence-corrected chi connectivity index (χ0v) is 23.2. The predicted octanol–water partition coefficient (Wildman–Crippen LogP) is 2.76. The molecule has 0 aromatic carbocycles. The van der Waals surface area contributed by atoms with E-state index in [2.05, 4.69) is 41.5 Å². The minimum Gasteiger partial charge on any atom is -0.477 e. The van der Waals surface area contributed by atoms with Crippen LogP contribution < -0.4 is 14.8 Å². The summed E-state index contributed by atoms with van der Waals surface area (Å²) >= 11 is 1.21. The SMILES string of the molecule is C=C(/N=C\C=C(/C)NS(=O)(=O)C1CC1)[C@@H](CN1CCCC1)NC(=O)c1ncc(-c2cncc(OCC)n2)s1. The van der Waals surface area contributed by atoms with Gasteiger partial charge >= 0.3 is 0 Å². The molecule has 2 fully saturated rings. The summed E-state index contributed by atoms with van der Waals surface area (Å²) in [4.78, 5) is 33.4. The molecule has 2 aliphatic rings. The topological polar surface area (TPSA) is 139 Å². The van der Waals surface area contributed by atoms with Crippen molar-refractivity contribution < 1.29 is 17.9 Å². The van der Waals surface area contributed by atoms with Crippen LogP contribution in [0.3, 0.4) is 0 Å². The number of carbonyl (C=O) groups is 1. The lowest BCUT2D eigenvalue weighted by Crippen LogP contribution is -2.43. The van der Waals surface area contributed by atoms with Crippen LogP contribution in [0.5, 0.6) is 5.88 Å². The number of carbonyl (C=O) groups excluding carboxylic acids is 1. The van der Waals surface area contributed by atoms with E-state index in [0.717, 1.165) is 25.9 Å². The van der Waals surface area contributed by atoms with E-state index < -0.39 is 16.1 Å². The number of ether oxygens (including phenoxy) is 1. The van der Waals surface area contributed by atoms with Gasteiger partial charge in [-0.15, -0.1) is 11.3 Å². The molecular formula is C25H33N7O4S2. The summed E-state index contributed by atoms with van der Waals surface area (Å²) in [7, 11) is -3.33. The Labute approximate surface area is 227 Å². The van der Waals surface area contributed by atoms with Gasteiger partial charge in [-0.25, -0.2) is 18.4 Å². The van der Waals surface area contributed by atoms with E-state index in [1.54, 1.807) is 25.4 Å². The normalized spacial score (nSPS) is 17.5. The van der Waals surface area contributed by atoms with Crippen molar-refractivity contribution in [3.05, 3.63) is 47.6 Å². The number of nitrogens with zero attached hydrogens (tertiary/aromatic N) is 5. The maximum Gasteiger partial charge on any atom is 0.280 e.